The molecule has 0 saturated carbocycles. The zero-order valence-corrected chi connectivity index (χ0v) is 9.74. The Balaban J connectivity index is 4.42. The van der Waals surface area contributed by atoms with Gasteiger partial charge in [0.2, 0.25) is 5.91 Å². The van der Waals surface area contributed by atoms with Gasteiger partial charge in [0.15, 0.2) is 0 Å². The van der Waals surface area contributed by atoms with Gasteiger partial charge in [-0.1, -0.05) is 20.8 Å². The fourth-order valence-electron chi connectivity index (χ4n) is 1.07. The SMILES string of the molecule is CC[C@@H](N)C(=O)N[C@H](C(=O)OC)C(C)C. The summed E-state index contributed by atoms with van der Waals surface area (Å²) < 4.78 is 4.59. The van der Waals surface area contributed by atoms with E-state index in [2.05, 4.69) is 10.1 Å². The number of rotatable bonds is 5. The van der Waals surface area contributed by atoms with Crippen molar-refractivity contribution < 1.29 is 14.3 Å². The lowest BCUT2D eigenvalue weighted by atomic mass is 10.0. The van der Waals surface area contributed by atoms with E-state index >= 15 is 0 Å². The van der Waals surface area contributed by atoms with Gasteiger partial charge >= 0.3 is 5.97 Å². The van der Waals surface area contributed by atoms with Crippen LogP contribution >= 0.6 is 0 Å². The molecule has 15 heavy (non-hydrogen) atoms. The minimum absolute atomic E-state index is 0.0227. The maximum absolute atomic E-state index is 11.5. The van der Waals surface area contributed by atoms with Gasteiger partial charge in [0.1, 0.15) is 6.04 Å². The summed E-state index contributed by atoms with van der Waals surface area (Å²) in [6.45, 7) is 5.48. The molecule has 0 aliphatic carbocycles. The van der Waals surface area contributed by atoms with Gasteiger partial charge in [0, 0.05) is 0 Å². The van der Waals surface area contributed by atoms with Gasteiger partial charge in [-0.05, 0) is 12.3 Å². The molecule has 0 fully saturated rings. The van der Waals surface area contributed by atoms with Crippen LogP contribution < -0.4 is 11.1 Å². The summed E-state index contributed by atoms with van der Waals surface area (Å²) >= 11 is 0. The van der Waals surface area contributed by atoms with E-state index in [1.165, 1.54) is 7.11 Å². The summed E-state index contributed by atoms with van der Waals surface area (Å²) in [6, 6.07) is -1.20. The molecular formula is C10H20N2O3. The van der Waals surface area contributed by atoms with E-state index in [9.17, 15) is 9.59 Å². The number of carbonyl (C=O) groups excluding carboxylic acids is 2. The molecule has 0 aliphatic heterocycles. The summed E-state index contributed by atoms with van der Waals surface area (Å²) in [7, 11) is 1.30. The van der Waals surface area contributed by atoms with Crippen molar-refractivity contribution in [1.29, 1.82) is 0 Å². The summed E-state index contributed by atoms with van der Waals surface area (Å²) in [5.74, 6) is -0.784. The molecule has 0 aromatic rings. The van der Waals surface area contributed by atoms with Crippen LogP contribution in [0.15, 0.2) is 0 Å². The fourth-order valence-corrected chi connectivity index (χ4v) is 1.07. The highest BCUT2D eigenvalue weighted by atomic mass is 16.5. The Labute approximate surface area is 90.4 Å². The quantitative estimate of drug-likeness (QED) is 0.636. The molecule has 0 rings (SSSR count). The molecule has 3 N–H and O–H groups in total. The number of nitrogens with two attached hydrogens (primary N) is 1. The van der Waals surface area contributed by atoms with E-state index in [4.69, 9.17) is 5.73 Å². The lowest BCUT2D eigenvalue weighted by Gasteiger charge is -2.21. The Bertz CT molecular complexity index is 229. The maximum Gasteiger partial charge on any atom is 0.328 e. The van der Waals surface area contributed by atoms with Gasteiger partial charge in [0.05, 0.1) is 13.2 Å². The van der Waals surface area contributed by atoms with Crippen molar-refractivity contribution in [2.45, 2.75) is 39.3 Å². The van der Waals surface area contributed by atoms with Crippen molar-refractivity contribution in [1.82, 2.24) is 5.32 Å². The van der Waals surface area contributed by atoms with E-state index in [0.717, 1.165) is 0 Å². The minimum atomic E-state index is -0.625. The molecule has 0 saturated heterocycles. The number of nitrogens with one attached hydrogen (secondary N) is 1. The highest BCUT2D eigenvalue weighted by Crippen LogP contribution is 2.04. The number of methoxy groups -OCH3 is 1. The average Bonchev–Trinajstić information content (AvgIpc) is 2.22. The number of carbonyl (C=O) groups is 2. The van der Waals surface area contributed by atoms with Crippen molar-refractivity contribution in [2.24, 2.45) is 11.7 Å². The molecular weight excluding hydrogens is 196 g/mol. The van der Waals surface area contributed by atoms with Gasteiger partial charge in [-0.15, -0.1) is 0 Å². The third-order valence-corrected chi connectivity index (χ3v) is 2.20. The van der Waals surface area contributed by atoms with Gasteiger partial charge < -0.3 is 15.8 Å². The molecule has 88 valence electrons. The predicted octanol–water partition coefficient (Wildman–Crippen LogP) is 0.0375. The zero-order valence-electron chi connectivity index (χ0n) is 9.74. The Morgan fingerprint density at radius 2 is 1.93 bits per heavy atom. The number of hydrogen-bond acceptors (Lipinski definition) is 4. The number of amides is 1. The molecule has 0 bridgehead atoms. The second-order valence-electron chi connectivity index (χ2n) is 3.77. The lowest BCUT2D eigenvalue weighted by Crippen LogP contribution is -2.50. The van der Waals surface area contributed by atoms with Crippen molar-refractivity contribution in [3.63, 3.8) is 0 Å². The Hall–Kier alpha value is -1.10. The van der Waals surface area contributed by atoms with Crippen LogP contribution in [0.25, 0.3) is 0 Å². The molecule has 5 heteroatoms. The minimum Gasteiger partial charge on any atom is -0.467 e. The van der Waals surface area contributed by atoms with Crippen LogP contribution in [0.1, 0.15) is 27.2 Å². The fraction of sp³-hybridized carbons (Fsp3) is 0.800. The van der Waals surface area contributed by atoms with Crippen molar-refractivity contribution >= 4 is 11.9 Å². The van der Waals surface area contributed by atoms with E-state index in [1.807, 2.05) is 20.8 Å². The third-order valence-electron chi connectivity index (χ3n) is 2.20. The zero-order chi connectivity index (χ0) is 12.0. The van der Waals surface area contributed by atoms with Gasteiger partial charge in [0.25, 0.3) is 0 Å². The van der Waals surface area contributed by atoms with Crippen molar-refractivity contribution in [3.05, 3.63) is 0 Å². The molecule has 0 unspecified atom stereocenters. The van der Waals surface area contributed by atoms with Gasteiger partial charge in [-0.2, -0.15) is 0 Å². The van der Waals surface area contributed by atoms with E-state index in [1.54, 1.807) is 0 Å². The van der Waals surface area contributed by atoms with Crippen LogP contribution in [0.2, 0.25) is 0 Å². The second kappa shape index (κ2) is 6.40. The average molecular weight is 216 g/mol. The summed E-state index contributed by atoms with van der Waals surface area (Å²) in [6.07, 6.45) is 0.540. The van der Waals surface area contributed by atoms with Crippen LogP contribution in [-0.4, -0.2) is 31.1 Å². The summed E-state index contributed by atoms with van der Waals surface area (Å²) in [4.78, 5) is 22.8. The molecule has 0 aromatic heterocycles. The highest BCUT2D eigenvalue weighted by Gasteiger charge is 2.26. The Morgan fingerprint density at radius 1 is 1.40 bits per heavy atom. The summed E-state index contributed by atoms with van der Waals surface area (Å²) in [5.41, 5.74) is 5.54. The van der Waals surface area contributed by atoms with Crippen LogP contribution in [0, 0.1) is 5.92 Å². The number of esters is 1. The number of ether oxygens (including phenoxy) is 1. The third kappa shape index (κ3) is 4.29. The van der Waals surface area contributed by atoms with E-state index in [-0.39, 0.29) is 11.8 Å². The normalized spacial score (nSPS) is 14.5. The molecule has 0 spiro atoms. The van der Waals surface area contributed by atoms with Crippen molar-refractivity contribution in [2.75, 3.05) is 7.11 Å². The molecule has 1 amide bonds. The summed E-state index contributed by atoms with van der Waals surface area (Å²) in [5, 5.41) is 2.58. The molecule has 5 nitrogen and oxygen atoms in total. The van der Waals surface area contributed by atoms with E-state index in [0.29, 0.717) is 6.42 Å². The van der Waals surface area contributed by atoms with Gasteiger partial charge in [-0.25, -0.2) is 4.79 Å². The first-order valence-corrected chi connectivity index (χ1v) is 5.07. The first kappa shape index (κ1) is 13.9. The van der Waals surface area contributed by atoms with Crippen LogP contribution in [0.4, 0.5) is 0 Å². The standard InChI is InChI=1S/C10H20N2O3/c1-5-7(11)9(13)12-8(6(2)3)10(14)15-4/h6-8H,5,11H2,1-4H3,(H,12,13)/t7-,8+/m1/s1. The largest absolute Gasteiger partial charge is 0.467 e. The molecule has 0 aliphatic rings. The molecule has 0 aromatic carbocycles. The Morgan fingerprint density at radius 3 is 2.27 bits per heavy atom. The van der Waals surface area contributed by atoms with Crippen LogP contribution in [0.5, 0.6) is 0 Å². The monoisotopic (exact) mass is 216 g/mol. The van der Waals surface area contributed by atoms with E-state index < -0.39 is 18.1 Å². The maximum atomic E-state index is 11.5. The Kier molecular flexibility index (Phi) is 5.93. The lowest BCUT2D eigenvalue weighted by molar-refractivity contribution is -0.146. The second-order valence-corrected chi connectivity index (χ2v) is 3.77. The van der Waals surface area contributed by atoms with Crippen LogP contribution in [-0.2, 0) is 14.3 Å². The molecule has 2 atom stereocenters. The first-order valence-electron chi connectivity index (χ1n) is 5.07. The first-order chi connectivity index (χ1) is 6.93. The predicted molar refractivity (Wildman–Crippen MR) is 57.1 cm³/mol. The van der Waals surface area contributed by atoms with Gasteiger partial charge in [-0.3, -0.25) is 4.79 Å². The van der Waals surface area contributed by atoms with Crippen molar-refractivity contribution in [3.8, 4) is 0 Å². The van der Waals surface area contributed by atoms with Crippen LogP contribution in [0.3, 0.4) is 0 Å². The highest BCUT2D eigenvalue weighted by molar-refractivity contribution is 5.87. The number of hydrogen-bond donors (Lipinski definition) is 2. The smallest absolute Gasteiger partial charge is 0.328 e. The molecule has 0 radical (unpaired) electrons. The topological polar surface area (TPSA) is 81.4 Å². The molecule has 0 heterocycles.